The Morgan fingerprint density at radius 2 is 1.74 bits per heavy atom. The minimum Gasteiger partial charge on any atom is -0.378 e. The molecule has 1 heterocycles. The van der Waals surface area contributed by atoms with Gasteiger partial charge in [-0.05, 0) is 57.0 Å². The molecule has 2 N–H and O–H groups in total. The molecule has 19 heavy (non-hydrogen) atoms. The standard InChI is InChI=1S/C16H27N3/c1-16(13-17,19-10-4-5-11-19)12-14-6-8-15(9-7-14)18(2)3/h6-9H,4-5,10-13,17H2,1-3H3. The molecule has 0 amide bonds. The molecule has 1 saturated heterocycles. The molecule has 3 nitrogen and oxygen atoms in total. The summed E-state index contributed by atoms with van der Waals surface area (Å²) in [5.41, 5.74) is 8.80. The highest BCUT2D eigenvalue weighted by Gasteiger charge is 2.32. The van der Waals surface area contributed by atoms with Crippen molar-refractivity contribution in [3.8, 4) is 0 Å². The summed E-state index contributed by atoms with van der Waals surface area (Å²) < 4.78 is 0. The summed E-state index contributed by atoms with van der Waals surface area (Å²) in [6.07, 6.45) is 3.67. The second kappa shape index (κ2) is 5.93. The topological polar surface area (TPSA) is 32.5 Å². The first-order chi connectivity index (χ1) is 9.05. The van der Waals surface area contributed by atoms with Crippen LogP contribution in [0.1, 0.15) is 25.3 Å². The summed E-state index contributed by atoms with van der Waals surface area (Å²) >= 11 is 0. The predicted octanol–water partition coefficient (Wildman–Crippen LogP) is 2.11. The Balaban J connectivity index is 2.09. The van der Waals surface area contributed by atoms with Crippen LogP contribution in [-0.4, -0.2) is 44.2 Å². The van der Waals surface area contributed by atoms with Gasteiger partial charge in [0, 0.05) is 31.9 Å². The molecule has 0 spiro atoms. The quantitative estimate of drug-likeness (QED) is 0.881. The Labute approximate surface area is 117 Å². The number of nitrogens with two attached hydrogens (primary N) is 1. The van der Waals surface area contributed by atoms with Gasteiger partial charge in [0.25, 0.3) is 0 Å². The van der Waals surface area contributed by atoms with Crippen molar-refractivity contribution < 1.29 is 0 Å². The van der Waals surface area contributed by atoms with Crippen molar-refractivity contribution in [2.24, 2.45) is 5.73 Å². The third-order valence-electron chi connectivity index (χ3n) is 4.35. The number of likely N-dealkylation sites (tertiary alicyclic amines) is 1. The highest BCUT2D eigenvalue weighted by molar-refractivity contribution is 5.46. The number of nitrogens with zero attached hydrogens (tertiary/aromatic N) is 2. The van der Waals surface area contributed by atoms with Crippen molar-refractivity contribution >= 4 is 5.69 Å². The lowest BCUT2D eigenvalue weighted by Gasteiger charge is -2.38. The maximum atomic E-state index is 6.06. The van der Waals surface area contributed by atoms with Gasteiger partial charge in [-0.3, -0.25) is 4.90 Å². The third-order valence-corrected chi connectivity index (χ3v) is 4.35. The van der Waals surface area contributed by atoms with E-state index in [0.29, 0.717) is 0 Å². The van der Waals surface area contributed by atoms with Gasteiger partial charge in [0.1, 0.15) is 0 Å². The Morgan fingerprint density at radius 3 is 2.21 bits per heavy atom. The average molecular weight is 261 g/mol. The molecule has 2 rings (SSSR count). The SMILES string of the molecule is CN(C)c1ccc(CC(C)(CN)N2CCCC2)cc1. The van der Waals surface area contributed by atoms with Crippen LogP contribution in [0.15, 0.2) is 24.3 Å². The molecule has 1 atom stereocenters. The Bertz CT molecular complexity index is 393. The van der Waals surface area contributed by atoms with Crippen LogP contribution in [0, 0.1) is 0 Å². The van der Waals surface area contributed by atoms with Crippen LogP contribution in [0.25, 0.3) is 0 Å². The van der Waals surface area contributed by atoms with Crippen molar-refractivity contribution in [2.45, 2.75) is 31.7 Å². The largest absolute Gasteiger partial charge is 0.378 e. The molecule has 1 aliphatic heterocycles. The molecule has 0 aromatic heterocycles. The smallest absolute Gasteiger partial charge is 0.0361 e. The van der Waals surface area contributed by atoms with Gasteiger partial charge in [-0.25, -0.2) is 0 Å². The summed E-state index contributed by atoms with van der Waals surface area (Å²) in [5, 5.41) is 0. The molecule has 1 unspecified atom stereocenters. The van der Waals surface area contributed by atoms with Crippen molar-refractivity contribution in [3.63, 3.8) is 0 Å². The van der Waals surface area contributed by atoms with Crippen molar-refractivity contribution in [2.75, 3.05) is 38.6 Å². The zero-order chi connectivity index (χ0) is 13.9. The normalized spacial score (nSPS) is 19.4. The average Bonchev–Trinajstić information content (AvgIpc) is 2.93. The fourth-order valence-corrected chi connectivity index (χ4v) is 2.92. The number of benzene rings is 1. The second-order valence-corrected chi connectivity index (χ2v) is 6.13. The van der Waals surface area contributed by atoms with Crippen molar-refractivity contribution in [1.82, 2.24) is 4.90 Å². The molecule has 1 aromatic carbocycles. The van der Waals surface area contributed by atoms with E-state index in [9.17, 15) is 0 Å². The van der Waals surface area contributed by atoms with Crippen LogP contribution in [0.5, 0.6) is 0 Å². The lowest BCUT2D eigenvalue weighted by molar-refractivity contribution is 0.143. The lowest BCUT2D eigenvalue weighted by atomic mass is 9.91. The van der Waals surface area contributed by atoms with Crippen LogP contribution in [0.3, 0.4) is 0 Å². The molecule has 0 aliphatic carbocycles. The van der Waals surface area contributed by atoms with E-state index in [0.717, 1.165) is 13.0 Å². The first-order valence-corrected chi connectivity index (χ1v) is 7.26. The molecule has 0 bridgehead atoms. The number of hydrogen-bond donors (Lipinski definition) is 1. The van der Waals surface area contributed by atoms with Crippen molar-refractivity contribution in [1.29, 1.82) is 0 Å². The van der Waals surface area contributed by atoms with Crippen LogP contribution in [0.4, 0.5) is 5.69 Å². The van der Waals surface area contributed by atoms with Crippen molar-refractivity contribution in [3.05, 3.63) is 29.8 Å². The highest BCUT2D eigenvalue weighted by atomic mass is 15.2. The minimum absolute atomic E-state index is 0.107. The molecular formula is C16H27N3. The maximum Gasteiger partial charge on any atom is 0.0361 e. The molecule has 3 heteroatoms. The van der Waals surface area contributed by atoms with E-state index < -0.39 is 0 Å². The van der Waals surface area contributed by atoms with Gasteiger partial charge in [-0.2, -0.15) is 0 Å². The van der Waals surface area contributed by atoms with E-state index in [4.69, 9.17) is 5.73 Å². The summed E-state index contributed by atoms with van der Waals surface area (Å²) in [4.78, 5) is 4.69. The van der Waals surface area contributed by atoms with Crippen LogP contribution in [0.2, 0.25) is 0 Å². The fraction of sp³-hybridized carbons (Fsp3) is 0.625. The second-order valence-electron chi connectivity index (χ2n) is 6.13. The van der Waals surface area contributed by atoms with Gasteiger partial charge in [0.2, 0.25) is 0 Å². The van der Waals surface area contributed by atoms with Gasteiger partial charge >= 0.3 is 0 Å². The van der Waals surface area contributed by atoms with Gasteiger partial charge in [0.15, 0.2) is 0 Å². The summed E-state index contributed by atoms with van der Waals surface area (Å²) in [6.45, 7) is 5.42. The Kier molecular flexibility index (Phi) is 4.48. The van der Waals surface area contributed by atoms with E-state index in [-0.39, 0.29) is 5.54 Å². The zero-order valence-corrected chi connectivity index (χ0v) is 12.5. The Hall–Kier alpha value is -1.06. The van der Waals surface area contributed by atoms with Gasteiger partial charge in [0.05, 0.1) is 0 Å². The summed E-state index contributed by atoms with van der Waals surface area (Å²) in [6, 6.07) is 8.85. The summed E-state index contributed by atoms with van der Waals surface area (Å²) in [5.74, 6) is 0. The molecule has 1 aromatic rings. The molecule has 1 fully saturated rings. The van der Waals surface area contributed by atoms with E-state index in [1.54, 1.807) is 0 Å². The highest BCUT2D eigenvalue weighted by Crippen LogP contribution is 2.25. The van der Waals surface area contributed by atoms with Crippen LogP contribution in [-0.2, 0) is 6.42 Å². The van der Waals surface area contributed by atoms with Gasteiger partial charge in [-0.15, -0.1) is 0 Å². The summed E-state index contributed by atoms with van der Waals surface area (Å²) in [7, 11) is 4.15. The first-order valence-electron chi connectivity index (χ1n) is 7.26. The van der Waals surface area contributed by atoms with E-state index in [1.807, 2.05) is 0 Å². The zero-order valence-electron chi connectivity index (χ0n) is 12.5. The third kappa shape index (κ3) is 3.28. The molecule has 106 valence electrons. The molecular weight excluding hydrogens is 234 g/mol. The monoisotopic (exact) mass is 261 g/mol. The first kappa shape index (κ1) is 14.4. The number of anilines is 1. The van der Waals surface area contributed by atoms with Crippen LogP contribution >= 0.6 is 0 Å². The number of hydrogen-bond acceptors (Lipinski definition) is 3. The lowest BCUT2D eigenvalue weighted by Crippen LogP contribution is -2.51. The Morgan fingerprint density at radius 1 is 1.16 bits per heavy atom. The van der Waals surface area contributed by atoms with E-state index >= 15 is 0 Å². The number of rotatable bonds is 5. The van der Waals surface area contributed by atoms with E-state index in [2.05, 4.69) is 55.1 Å². The molecule has 0 saturated carbocycles. The minimum atomic E-state index is 0.107. The van der Waals surface area contributed by atoms with Crippen LogP contribution < -0.4 is 10.6 Å². The predicted molar refractivity (Wildman–Crippen MR) is 82.7 cm³/mol. The van der Waals surface area contributed by atoms with E-state index in [1.165, 1.54) is 37.2 Å². The fourth-order valence-electron chi connectivity index (χ4n) is 2.92. The van der Waals surface area contributed by atoms with Gasteiger partial charge < -0.3 is 10.6 Å². The molecule has 0 radical (unpaired) electrons. The molecule has 1 aliphatic rings. The maximum absolute atomic E-state index is 6.06. The van der Waals surface area contributed by atoms with Gasteiger partial charge in [-0.1, -0.05) is 12.1 Å².